The standard InChI is InChI=1S/C12H20N6O/c1-17-10(6-18-3-2-14-11(19)7-18)15-16-12(17)8-4-9(13)5-8/h8-9H,2-7,13H2,1H3,(H,14,19). The van der Waals surface area contributed by atoms with Crippen molar-refractivity contribution >= 4 is 5.91 Å². The Morgan fingerprint density at radius 1 is 1.42 bits per heavy atom. The van der Waals surface area contributed by atoms with Crippen molar-refractivity contribution in [2.24, 2.45) is 12.8 Å². The highest BCUT2D eigenvalue weighted by Gasteiger charge is 2.31. The molecule has 1 saturated heterocycles. The van der Waals surface area contributed by atoms with E-state index in [1.807, 2.05) is 7.05 Å². The van der Waals surface area contributed by atoms with E-state index in [0.29, 0.717) is 31.6 Å². The first-order chi connectivity index (χ1) is 9.13. The molecular weight excluding hydrogens is 244 g/mol. The first-order valence-corrected chi connectivity index (χ1v) is 6.76. The van der Waals surface area contributed by atoms with Crippen molar-refractivity contribution in [2.45, 2.75) is 31.3 Å². The van der Waals surface area contributed by atoms with Crippen LogP contribution in [0.1, 0.15) is 30.4 Å². The molecule has 0 atom stereocenters. The Bertz CT molecular complexity index is 479. The Balaban J connectivity index is 1.66. The van der Waals surface area contributed by atoms with Crippen LogP contribution in [0.15, 0.2) is 0 Å². The lowest BCUT2D eigenvalue weighted by Gasteiger charge is -2.31. The number of nitrogens with one attached hydrogen (secondary N) is 1. The van der Waals surface area contributed by atoms with Gasteiger partial charge in [-0.05, 0) is 12.8 Å². The molecule has 1 aliphatic heterocycles. The maximum atomic E-state index is 11.3. The molecule has 0 radical (unpaired) electrons. The van der Waals surface area contributed by atoms with Crippen molar-refractivity contribution in [2.75, 3.05) is 19.6 Å². The lowest BCUT2D eigenvalue weighted by atomic mass is 9.80. The Hall–Kier alpha value is -1.47. The second kappa shape index (κ2) is 4.90. The van der Waals surface area contributed by atoms with Gasteiger partial charge in [-0.3, -0.25) is 9.69 Å². The second-order valence-electron chi connectivity index (χ2n) is 5.52. The van der Waals surface area contributed by atoms with Gasteiger partial charge >= 0.3 is 0 Å². The van der Waals surface area contributed by atoms with E-state index in [1.165, 1.54) is 0 Å². The lowest BCUT2D eigenvalue weighted by Crippen LogP contribution is -2.47. The normalized spacial score (nSPS) is 28.0. The number of carbonyl (C=O) groups excluding carboxylic acids is 1. The second-order valence-corrected chi connectivity index (χ2v) is 5.52. The molecule has 2 aliphatic rings. The van der Waals surface area contributed by atoms with Crippen LogP contribution < -0.4 is 11.1 Å². The summed E-state index contributed by atoms with van der Waals surface area (Å²) >= 11 is 0. The summed E-state index contributed by atoms with van der Waals surface area (Å²) in [6, 6.07) is 0.316. The summed E-state index contributed by atoms with van der Waals surface area (Å²) in [5.41, 5.74) is 5.82. The maximum Gasteiger partial charge on any atom is 0.234 e. The quantitative estimate of drug-likeness (QED) is 0.727. The topological polar surface area (TPSA) is 89.1 Å². The van der Waals surface area contributed by atoms with Gasteiger partial charge in [0.05, 0.1) is 13.1 Å². The first kappa shape index (κ1) is 12.6. The van der Waals surface area contributed by atoms with Crippen molar-refractivity contribution in [3.05, 3.63) is 11.6 Å². The fraction of sp³-hybridized carbons (Fsp3) is 0.750. The van der Waals surface area contributed by atoms with Crippen LogP contribution in [-0.4, -0.2) is 51.2 Å². The Morgan fingerprint density at radius 2 is 2.21 bits per heavy atom. The van der Waals surface area contributed by atoms with Gasteiger partial charge in [0.1, 0.15) is 11.6 Å². The predicted molar refractivity (Wildman–Crippen MR) is 69.2 cm³/mol. The van der Waals surface area contributed by atoms with Gasteiger partial charge in [0.2, 0.25) is 5.91 Å². The number of carbonyl (C=O) groups is 1. The van der Waals surface area contributed by atoms with E-state index in [4.69, 9.17) is 5.73 Å². The Labute approximate surface area is 112 Å². The molecule has 1 aromatic heterocycles. The van der Waals surface area contributed by atoms with E-state index in [2.05, 4.69) is 25.0 Å². The molecule has 3 rings (SSSR count). The Kier molecular flexibility index (Phi) is 3.24. The molecule has 3 N–H and O–H groups in total. The van der Waals surface area contributed by atoms with E-state index >= 15 is 0 Å². The molecule has 19 heavy (non-hydrogen) atoms. The van der Waals surface area contributed by atoms with E-state index in [0.717, 1.165) is 31.0 Å². The summed E-state index contributed by atoms with van der Waals surface area (Å²) in [6.07, 6.45) is 2.00. The molecule has 0 unspecified atom stereocenters. The summed E-state index contributed by atoms with van der Waals surface area (Å²) < 4.78 is 2.06. The van der Waals surface area contributed by atoms with Crippen LogP contribution in [0.5, 0.6) is 0 Å². The molecule has 7 heteroatoms. The zero-order valence-corrected chi connectivity index (χ0v) is 11.2. The highest BCUT2D eigenvalue weighted by atomic mass is 16.2. The van der Waals surface area contributed by atoms with Gasteiger partial charge < -0.3 is 15.6 Å². The number of piperazine rings is 1. The van der Waals surface area contributed by atoms with Gasteiger partial charge in [-0.1, -0.05) is 0 Å². The molecule has 104 valence electrons. The van der Waals surface area contributed by atoms with Crippen LogP contribution in [0.25, 0.3) is 0 Å². The lowest BCUT2D eigenvalue weighted by molar-refractivity contribution is -0.124. The zero-order chi connectivity index (χ0) is 13.4. The molecule has 0 spiro atoms. The van der Waals surface area contributed by atoms with Crippen molar-refractivity contribution < 1.29 is 4.79 Å². The fourth-order valence-electron chi connectivity index (χ4n) is 2.77. The van der Waals surface area contributed by atoms with Crippen LogP contribution in [0, 0.1) is 0 Å². The average Bonchev–Trinajstić information content (AvgIpc) is 2.67. The first-order valence-electron chi connectivity index (χ1n) is 6.76. The van der Waals surface area contributed by atoms with Gasteiger partial charge in [0.25, 0.3) is 0 Å². The fourth-order valence-corrected chi connectivity index (χ4v) is 2.77. The van der Waals surface area contributed by atoms with Gasteiger partial charge in [-0.2, -0.15) is 0 Å². The number of rotatable bonds is 3. The molecule has 7 nitrogen and oxygen atoms in total. The molecule has 1 saturated carbocycles. The minimum atomic E-state index is 0.0820. The van der Waals surface area contributed by atoms with Crippen molar-refractivity contribution in [1.29, 1.82) is 0 Å². The minimum absolute atomic E-state index is 0.0820. The van der Waals surface area contributed by atoms with Crippen LogP contribution in [0.3, 0.4) is 0 Å². The van der Waals surface area contributed by atoms with Crippen LogP contribution in [0.4, 0.5) is 0 Å². The van der Waals surface area contributed by atoms with Crippen LogP contribution >= 0.6 is 0 Å². The predicted octanol–water partition coefficient (Wildman–Crippen LogP) is -1.05. The highest BCUT2D eigenvalue weighted by Crippen LogP contribution is 2.34. The van der Waals surface area contributed by atoms with Gasteiger partial charge in [-0.15, -0.1) is 10.2 Å². The van der Waals surface area contributed by atoms with Crippen LogP contribution in [0.2, 0.25) is 0 Å². The number of amides is 1. The van der Waals surface area contributed by atoms with E-state index in [9.17, 15) is 4.79 Å². The number of hydrogen-bond donors (Lipinski definition) is 2. The molecule has 1 aliphatic carbocycles. The maximum absolute atomic E-state index is 11.3. The van der Waals surface area contributed by atoms with Gasteiger partial charge in [0.15, 0.2) is 0 Å². The third kappa shape index (κ3) is 2.48. The van der Waals surface area contributed by atoms with E-state index in [1.54, 1.807) is 0 Å². The number of hydrogen-bond acceptors (Lipinski definition) is 5. The molecule has 0 bridgehead atoms. The third-order valence-corrected chi connectivity index (χ3v) is 4.02. The minimum Gasteiger partial charge on any atom is -0.354 e. The molecule has 1 amide bonds. The zero-order valence-electron chi connectivity index (χ0n) is 11.2. The monoisotopic (exact) mass is 264 g/mol. The summed E-state index contributed by atoms with van der Waals surface area (Å²) in [4.78, 5) is 13.4. The SMILES string of the molecule is Cn1c(CN2CCNC(=O)C2)nnc1C1CC(N)C1. The van der Waals surface area contributed by atoms with E-state index < -0.39 is 0 Å². The summed E-state index contributed by atoms with van der Waals surface area (Å²) in [7, 11) is 2.00. The molecular formula is C12H20N6O. The van der Waals surface area contributed by atoms with Crippen LogP contribution in [-0.2, 0) is 18.4 Å². The molecule has 0 aromatic carbocycles. The summed E-state index contributed by atoms with van der Waals surface area (Å²) in [5.74, 6) is 2.48. The molecule has 2 heterocycles. The number of aromatic nitrogens is 3. The molecule has 1 aromatic rings. The number of nitrogens with two attached hydrogens (primary N) is 1. The van der Waals surface area contributed by atoms with Crippen molar-refractivity contribution in [1.82, 2.24) is 25.0 Å². The van der Waals surface area contributed by atoms with Crippen molar-refractivity contribution in [3.8, 4) is 0 Å². The Morgan fingerprint density at radius 3 is 2.89 bits per heavy atom. The number of nitrogens with zero attached hydrogens (tertiary/aromatic N) is 4. The summed E-state index contributed by atoms with van der Waals surface area (Å²) in [6.45, 7) is 2.69. The highest BCUT2D eigenvalue weighted by molar-refractivity contribution is 5.78. The van der Waals surface area contributed by atoms with Crippen molar-refractivity contribution in [3.63, 3.8) is 0 Å². The van der Waals surface area contributed by atoms with Gasteiger partial charge in [0, 0.05) is 32.1 Å². The third-order valence-electron chi connectivity index (χ3n) is 4.02. The average molecular weight is 264 g/mol. The van der Waals surface area contributed by atoms with E-state index in [-0.39, 0.29) is 5.91 Å². The summed E-state index contributed by atoms with van der Waals surface area (Å²) in [5, 5.41) is 11.4. The molecule has 2 fully saturated rings. The smallest absolute Gasteiger partial charge is 0.234 e. The largest absolute Gasteiger partial charge is 0.354 e. The van der Waals surface area contributed by atoms with Gasteiger partial charge in [-0.25, -0.2) is 0 Å².